The molecule has 27 heavy (non-hydrogen) atoms. The Bertz CT molecular complexity index is 663. The number of amides is 1. The highest BCUT2D eigenvalue weighted by Gasteiger charge is 2.60. The van der Waals surface area contributed by atoms with Crippen molar-refractivity contribution in [1.82, 2.24) is 4.90 Å². The molecule has 3 nitrogen and oxygen atoms in total. The molecule has 1 amide bonds. The second kappa shape index (κ2) is 6.74. The first-order valence-electron chi connectivity index (χ1n) is 11.4. The van der Waals surface area contributed by atoms with Gasteiger partial charge in [-0.15, -0.1) is 0 Å². The highest BCUT2D eigenvalue weighted by atomic mass is 16.2. The van der Waals surface area contributed by atoms with Gasteiger partial charge in [-0.05, 0) is 81.6 Å². The third kappa shape index (κ3) is 2.75. The molecule has 0 unspecified atom stereocenters. The summed E-state index contributed by atoms with van der Waals surface area (Å²) in [5.74, 6) is 2.40. The quantitative estimate of drug-likeness (QED) is 0.700. The van der Waals surface area contributed by atoms with Crippen LogP contribution in [0.1, 0.15) is 79.1 Å². The van der Waals surface area contributed by atoms with Gasteiger partial charge >= 0.3 is 0 Å². The van der Waals surface area contributed by atoms with E-state index in [1.54, 1.807) is 0 Å². The van der Waals surface area contributed by atoms with E-state index in [0.717, 1.165) is 31.3 Å². The Hall–Kier alpha value is -1.12. The molecule has 3 fully saturated rings. The number of carbonyl (C=O) groups is 2. The number of allylic oxidation sites excluding steroid dienone is 1. The summed E-state index contributed by atoms with van der Waals surface area (Å²) in [4.78, 5) is 28.0. The van der Waals surface area contributed by atoms with Crippen LogP contribution >= 0.6 is 0 Å². The van der Waals surface area contributed by atoms with Crippen LogP contribution in [0.3, 0.4) is 0 Å². The molecular formula is C24H37NO2. The lowest BCUT2D eigenvalue weighted by Crippen LogP contribution is -2.56. The standard InChI is InChI=1S/C24H37NO2/c1-5-25(6-2)22(27)21-15-17(26)14-16-9-10-18-19-8-7-12-23(19,3)13-11-20(18)24(16,21)4/h14,18-21H,5-13,15H2,1-4H3/t18-,19-,20-,21-,23-,24-/m0/s1. The van der Waals surface area contributed by atoms with E-state index in [4.69, 9.17) is 0 Å². The summed E-state index contributed by atoms with van der Waals surface area (Å²) in [6.07, 6.45) is 11.3. The van der Waals surface area contributed by atoms with Crippen LogP contribution in [-0.4, -0.2) is 29.7 Å². The average molecular weight is 372 g/mol. The van der Waals surface area contributed by atoms with Gasteiger partial charge in [0.2, 0.25) is 5.91 Å². The van der Waals surface area contributed by atoms with Crippen LogP contribution in [0, 0.1) is 34.5 Å². The van der Waals surface area contributed by atoms with Gasteiger partial charge in [-0.1, -0.05) is 25.8 Å². The van der Waals surface area contributed by atoms with Gasteiger partial charge in [0, 0.05) is 24.9 Å². The lowest BCUT2D eigenvalue weighted by Gasteiger charge is -2.59. The zero-order valence-corrected chi connectivity index (χ0v) is 17.7. The van der Waals surface area contributed by atoms with E-state index in [-0.39, 0.29) is 23.0 Å². The van der Waals surface area contributed by atoms with E-state index in [1.807, 2.05) is 11.0 Å². The Kier molecular flexibility index (Phi) is 4.79. The van der Waals surface area contributed by atoms with E-state index in [1.165, 1.54) is 44.1 Å². The van der Waals surface area contributed by atoms with Crippen LogP contribution in [0.4, 0.5) is 0 Å². The van der Waals surface area contributed by atoms with Crippen molar-refractivity contribution >= 4 is 11.7 Å². The molecule has 0 aromatic rings. The number of fused-ring (bicyclic) bond motifs is 5. The Morgan fingerprint density at radius 1 is 1.11 bits per heavy atom. The molecule has 0 aliphatic heterocycles. The monoisotopic (exact) mass is 371 g/mol. The van der Waals surface area contributed by atoms with Gasteiger partial charge in [-0.2, -0.15) is 0 Å². The Labute approximate surface area is 165 Å². The number of ketones is 1. The second-order valence-corrected chi connectivity index (χ2v) is 10.2. The van der Waals surface area contributed by atoms with Crippen LogP contribution in [0.5, 0.6) is 0 Å². The molecule has 6 atom stereocenters. The van der Waals surface area contributed by atoms with Crippen molar-refractivity contribution in [2.75, 3.05) is 13.1 Å². The summed E-state index contributed by atoms with van der Waals surface area (Å²) < 4.78 is 0. The predicted molar refractivity (Wildman–Crippen MR) is 108 cm³/mol. The van der Waals surface area contributed by atoms with Gasteiger partial charge in [-0.3, -0.25) is 9.59 Å². The number of hydrogen-bond acceptors (Lipinski definition) is 2. The summed E-state index contributed by atoms with van der Waals surface area (Å²) in [6.45, 7) is 10.5. The molecule has 0 N–H and O–H groups in total. The van der Waals surface area contributed by atoms with Crippen LogP contribution in [0.15, 0.2) is 11.6 Å². The van der Waals surface area contributed by atoms with E-state index in [9.17, 15) is 9.59 Å². The number of nitrogens with zero attached hydrogens (tertiary/aromatic N) is 1. The highest BCUT2D eigenvalue weighted by molar-refractivity contribution is 5.96. The van der Waals surface area contributed by atoms with Crippen LogP contribution < -0.4 is 0 Å². The van der Waals surface area contributed by atoms with Crippen LogP contribution in [-0.2, 0) is 9.59 Å². The lowest BCUT2D eigenvalue weighted by molar-refractivity contribution is -0.148. The summed E-state index contributed by atoms with van der Waals surface area (Å²) in [5.41, 5.74) is 1.72. The molecule has 0 aromatic carbocycles. The molecule has 4 aliphatic carbocycles. The first-order chi connectivity index (χ1) is 12.8. The first kappa shape index (κ1) is 19.2. The maximum absolute atomic E-state index is 13.5. The van der Waals surface area contributed by atoms with E-state index >= 15 is 0 Å². The predicted octanol–water partition coefficient (Wildman–Crippen LogP) is 5.00. The van der Waals surface area contributed by atoms with Gasteiger partial charge in [0.05, 0.1) is 5.92 Å². The summed E-state index contributed by atoms with van der Waals surface area (Å²) in [5, 5.41) is 0. The topological polar surface area (TPSA) is 37.4 Å². The zero-order chi connectivity index (χ0) is 19.4. The van der Waals surface area contributed by atoms with Crippen molar-refractivity contribution in [1.29, 1.82) is 0 Å². The van der Waals surface area contributed by atoms with Crippen molar-refractivity contribution in [3.05, 3.63) is 11.6 Å². The summed E-state index contributed by atoms with van der Waals surface area (Å²) in [6, 6.07) is 0. The highest BCUT2D eigenvalue weighted by Crippen LogP contribution is 2.66. The molecular weight excluding hydrogens is 334 g/mol. The molecule has 150 valence electrons. The third-order valence-corrected chi connectivity index (χ3v) is 9.27. The molecule has 0 bridgehead atoms. The van der Waals surface area contributed by atoms with Crippen LogP contribution in [0.2, 0.25) is 0 Å². The van der Waals surface area contributed by atoms with Gasteiger partial charge < -0.3 is 4.90 Å². The number of rotatable bonds is 3. The average Bonchev–Trinajstić information content (AvgIpc) is 3.04. The number of hydrogen-bond donors (Lipinski definition) is 0. The number of carbonyl (C=O) groups excluding carboxylic acids is 2. The van der Waals surface area contributed by atoms with E-state index < -0.39 is 0 Å². The maximum atomic E-state index is 13.5. The fourth-order valence-electron chi connectivity index (χ4n) is 7.73. The van der Waals surface area contributed by atoms with Gasteiger partial charge in [0.15, 0.2) is 5.78 Å². The van der Waals surface area contributed by atoms with Crippen molar-refractivity contribution in [3.8, 4) is 0 Å². The molecule has 0 radical (unpaired) electrons. The van der Waals surface area contributed by atoms with Gasteiger partial charge in [-0.25, -0.2) is 0 Å². The van der Waals surface area contributed by atoms with Crippen molar-refractivity contribution in [2.45, 2.75) is 79.1 Å². The minimum Gasteiger partial charge on any atom is -0.343 e. The smallest absolute Gasteiger partial charge is 0.227 e. The van der Waals surface area contributed by atoms with Crippen LogP contribution in [0.25, 0.3) is 0 Å². The molecule has 0 aromatic heterocycles. The molecule has 3 saturated carbocycles. The lowest BCUT2D eigenvalue weighted by atomic mass is 9.45. The van der Waals surface area contributed by atoms with Gasteiger partial charge in [0.25, 0.3) is 0 Å². The van der Waals surface area contributed by atoms with Crippen molar-refractivity contribution in [3.63, 3.8) is 0 Å². The van der Waals surface area contributed by atoms with Crippen molar-refractivity contribution < 1.29 is 9.59 Å². The zero-order valence-electron chi connectivity index (χ0n) is 17.7. The minimum absolute atomic E-state index is 0.111. The summed E-state index contributed by atoms with van der Waals surface area (Å²) >= 11 is 0. The summed E-state index contributed by atoms with van der Waals surface area (Å²) in [7, 11) is 0. The maximum Gasteiger partial charge on any atom is 0.227 e. The Balaban J connectivity index is 1.73. The molecule has 0 spiro atoms. The molecule has 4 aliphatic rings. The Morgan fingerprint density at radius 2 is 1.85 bits per heavy atom. The van der Waals surface area contributed by atoms with E-state index in [2.05, 4.69) is 27.7 Å². The normalized spacial score (nSPS) is 43.4. The molecule has 3 heteroatoms. The second-order valence-electron chi connectivity index (χ2n) is 10.2. The van der Waals surface area contributed by atoms with Gasteiger partial charge in [0.1, 0.15) is 0 Å². The minimum atomic E-state index is -0.150. The molecule has 4 rings (SSSR count). The first-order valence-corrected chi connectivity index (χ1v) is 11.4. The fraction of sp³-hybridized carbons (Fsp3) is 0.833. The SMILES string of the molecule is CCN(CC)C(=O)[C@@H]1CC(=O)C=C2CC[C@H]3[C@@H]4CCC[C@@]4(C)CC[C@@H]3[C@]21C. The third-order valence-electron chi connectivity index (χ3n) is 9.27. The Morgan fingerprint density at radius 3 is 2.56 bits per heavy atom. The van der Waals surface area contributed by atoms with E-state index in [0.29, 0.717) is 17.8 Å². The molecule has 0 heterocycles. The fourth-order valence-corrected chi connectivity index (χ4v) is 7.73. The largest absolute Gasteiger partial charge is 0.343 e. The molecule has 0 saturated heterocycles. The van der Waals surface area contributed by atoms with Crippen molar-refractivity contribution in [2.24, 2.45) is 34.5 Å².